The van der Waals surface area contributed by atoms with Crippen LogP contribution in [0, 0.1) is 0 Å². The molecule has 0 fully saturated rings. The molecule has 0 saturated heterocycles. The van der Waals surface area contributed by atoms with Gasteiger partial charge in [-0.05, 0) is 12.8 Å². The topological polar surface area (TPSA) is 60.4 Å². The fourth-order valence-corrected chi connectivity index (χ4v) is 2.64. The van der Waals surface area contributed by atoms with Gasteiger partial charge in [0.05, 0.1) is 18.6 Å². The van der Waals surface area contributed by atoms with Crippen LogP contribution in [0.5, 0.6) is 0 Å². The molecule has 0 aromatic rings. The van der Waals surface area contributed by atoms with E-state index in [1.807, 2.05) is 6.92 Å². The van der Waals surface area contributed by atoms with E-state index in [0.29, 0.717) is 6.42 Å². The molecule has 0 amide bonds. The average molecular weight is 236 g/mol. The summed E-state index contributed by atoms with van der Waals surface area (Å²) in [4.78, 5) is 10.7. The van der Waals surface area contributed by atoms with Gasteiger partial charge >= 0.3 is 5.97 Å². The van der Waals surface area contributed by atoms with Crippen LogP contribution in [0.4, 0.5) is 0 Å². The van der Waals surface area contributed by atoms with Gasteiger partial charge in [0.15, 0.2) is 0 Å². The highest BCUT2D eigenvalue weighted by molar-refractivity contribution is 7.91. The lowest BCUT2D eigenvalue weighted by molar-refractivity contribution is -0.140. The summed E-state index contributed by atoms with van der Waals surface area (Å²) in [6.45, 7) is 2.03. The molecule has 90 valence electrons. The Balaban J connectivity index is 3.70. The van der Waals surface area contributed by atoms with Crippen molar-refractivity contribution < 1.29 is 17.9 Å². The number of methoxy groups -OCH3 is 1. The first-order chi connectivity index (χ1) is 7.02. The van der Waals surface area contributed by atoms with Gasteiger partial charge in [-0.3, -0.25) is 4.79 Å². The Kier molecular flexibility index (Phi) is 7.38. The largest absolute Gasteiger partial charge is 0.469 e. The summed E-state index contributed by atoms with van der Waals surface area (Å²) in [7, 11) is -1.66. The van der Waals surface area contributed by atoms with Crippen molar-refractivity contribution in [2.45, 2.75) is 39.0 Å². The molecule has 0 aliphatic heterocycles. The summed E-state index contributed by atoms with van der Waals surface area (Å²) in [6.07, 6.45) is 3.22. The Labute approximate surface area is 91.9 Å². The third kappa shape index (κ3) is 8.42. The molecule has 0 unspecified atom stereocenters. The van der Waals surface area contributed by atoms with Crippen LogP contribution >= 0.6 is 0 Å². The lowest BCUT2D eigenvalue weighted by Crippen LogP contribution is -2.12. The van der Waals surface area contributed by atoms with Gasteiger partial charge in [0.1, 0.15) is 9.84 Å². The minimum atomic E-state index is -2.97. The lowest BCUT2D eigenvalue weighted by atomic mass is 10.3. The molecule has 5 heteroatoms. The molecule has 0 spiro atoms. The Hall–Kier alpha value is -0.580. The zero-order valence-corrected chi connectivity index (χ0v) is 10.3. The summed E-state index contributed by atoms with van der Waals surface area (Å²) in [6, 6.07) is 0. The van der Waals surface area contributed by atoms with Crippen LogP contribution in [0.1, 0.15) is 39.0 Å². The minimum absolute atomic E-state index is 0.0891. The van der Waals surface area contributed by atoms with Crippen molar-refractivity contribution in [2.75, 3.05) is 18.6 Å². The van der Waals surface area contributed by atoms with E-state index in [1.54, 1.807) is 0 Å². The quantitative estimate of drug-likeness (QED) is 0.474. The third-order valence-corrected chi connectivity index (χ3v) is 3.94. The molecule has 0 aromatic heterocycles. The van der Waals surface area contributed by atoms with Crippen molar-refractivity contribution in [2.24, 2.45) is 0 Å². The monoisotopic (exact) mass is 236 g/mol. The van der Waals surface area contributed by atoms with Gasteiger partial charge in [-0.15, -0.1) is 0 Å². The number of esters is 1. The number of carbonyl (C=O) groups is 1. The van der Waals surface area contributed by atoms with Crippen LogP contribution in [0.2, 0.25) is 0 Å². The predicted octanol–water partition coefficient (Wildman–Crippen LogP) is 1.54. The fraction of sp³-hybridized carbons (Fsp3) is 0.900. The summed E-state index contributed by atoms with van der Waals surface area (Å²) in [5.74, 6) is -0.0212. The van der Waals surface area contributed by atoms with E-state index in [-0.39, 0.29) is 23.9 Å². The van der Waals surface area contributed by atoms with E-state index >= 15 is 0 Å². The summed E-state index contributed by atoms with van der Waals surface area (Å²) < 4.78 is 27.3. The van der Waals surface area contributed by atoms with E-state index < -0.39 is 9.84 Å². The van der Waals surface area contributed by atoms with Gasteiger partial charge in [-0.2, -0.15) is 0 Å². The molecule has 0 aliphatic rings. The number of rotatable bonds is 8. The number of unbranched alkanes of at least 4 members (excludes halogenated alkanes) is 2. The normalized spacial score (nSPS) is 11.3. The smallest absolute Gasteiger partial charge is 0.305 e. The van der Waals surface area contributed by atoms with E-state index in [2.05, 4.69) is 4.74 Å². The summed E-state index contributed by atoms with van der Waals surface area (Å²) >= 11 is 0. The molecule has 4 nitrogen and oxygen atoms in total. The molecule has 0 heterocycles. The van der Waals surface area contributed by atoms with E-state index in [1.165, 1.54) is 7.11 Å². The van der Waals surface area contributed by atoms with Gasteiger partial charge in [0.2, 0.25) is 0 Å². The summed E-state index contributed by atoms with van der Waals surface area (Å²) in [5, 5.41) is 0. The van der Waals surface area contributed by atoms with Crippen molar-refractivity contribution in [3.63, 3.8) is 0 Å². The van der Waals surface area contributed by atoms with Crippen LogP contribution in [0.3, 0.4) is 0 Å². The first kappa shape index (κ1) is 14.4. The second-order valence-electron chi connectivity index (χ2n) is 3.54. The number of hydrogen-bond donors (Lipinski definition) is 0. The van der Waals surface area contributed by atoms with Crippen molar-refractivity contribution in [1.29, 1.82) is 0 Å². The van der Waals surface area contributed by atoms with Crippen LogP contribution in [0.15, 0.2) is 0 Å². The predicted molar refractivity (Wildman–Crippen MR) is 59.4 cm³/mol. The van der Waals surface area contributed by atoms with Gasteiger partial charge < -0.3 is 4.74 Å². The maximum Gasteiger partial charge on any atom is 0.305 e. The molecule has 0 N–H and O–H groups in total. The fourth-order valence-electron chi connectivity index (χ4n) is 1.21. The maximum absolute atomic E-state index is 11.4. The van der Waals surface area contributed by atoms with E-state index in [9.17, 15) is 13.2 Å². The minimum Gasteiger partial charge on any atom is -0.469 e. The SMILES string of the molecule is CCCCCS(=O)(=O)CCCC(=O)OC. The zero-order valence-electron chi connectivity index (χ0n) is 9.49. The molecule has 0 rings (SSSR count). The van der Waals surface area contributed by atoms with Crippen LogP contribution in [-0.2, 0) is 19.4 Å². The van der Waals surface area contributed by atoms with Crippen molar-refractivity contribution in [3.8, 4) is 0 Å². The Morgan fingerprint density at radius 2 is 1.73 bits per heavy atom. The highest BCUT2D eigenvalue weighted by atomic mass is 32.2. The number of sulfone groups is 1. The van der Waals surface area contributed by atoms with Gasteiger partial charge in [0.25, 0.3) is 0 Å². The molecular formula is C10H20O4S. The number of ether oxygens (including phenoxy) is 1. The Bertz CT molecular complexity index is 269. The molecule has 0 aromatic carbocycles. The third-order valence-electron chi connectivity index (χ3n) is 2.12. The second kappa shape index (κ2) is 7.68. The Morgan fingerprint density at radius 3 is 2.27 bits per heavy atom. The van der Waals surface area contributed by atoms with Gasteiger partial charge in [-0.25, -0.2) is 8.42 Å². The maximum atomic E-state index is 11.4. The first-order valence-electron chi connectivity index (χ1n) is 5.29. The highest BCUT2D eigenvalue weighted by Gasteiger charge is 2.11. The van der Waals surface area contributed by atoms with Gasteiger partial charge in [0, 0.05) is 6.42 Å². The summed E-state index contributed by atoms with van der Waals surface area (Å²) in [5.41, 5.74) is 0. The molecule has 0 radical (unpaired) electrons. The Morgan fingerprint density at radius 1 is 1.13 bits per heavy atom. The van der Waals surface area contributed by atoms with Crippen molar-refractivity contribution >= 4 is 15.8 Å². The molecule has 0 atom stereocenters. The first-order valence-corrected chi connectivity index (χ1v) is 7.11. The van der Waals surface area contributed by atoms with Crippen molar-refractivity contribution in [3.05, 3.63) is 0 Å². The van der Waals surface area contributed by atoms with Gasteiger partial charge in [-0.1, -0.05) is 19.8 Å². The van der Waals surface area contributed by atoms with E-state index in [0.717, 1.165) is 19.3 Å². The molecule has 0 saturated carbocycles. The number of hydrogen-bond acceptors (Lipinski definition) is 4. The van der Waals surface area contributed by atoms with Crippen LogP contribution in [0.25, 0.3) is 0 Å². The van der Waals surface area contributed by atoms with Crippen LogP contribution < -0.4 is 0 Å². The zero-order chi connectivity index (χ0) is 11.7. The van der Waals surface area contributed by atoms with Crippen molar-refractivity contribution in [1.82, 2.24) is 0 Å². The second-order valence-corrected chi connectivity index (χ2v) is 5.84. The average Bonchev–Trinajstić information content (AvgIpc) is 2.17. The molecule has 0 bridgehead atoms. The lowest BCUT2D eigenvalue weighted by Gasteiger charge is -2.03. The standard InChI is InChI=1S/C10H20O4S/c1-3-4-5-8-15(12,13)9-6-7-10(11)14-2/h3-9H2,1-2H3. The number of carbonyl (C=O) groups excluding carboxylic acids is 1. The molecule has 0 aliphatic carbocycles. The van der Waals surface area contributed by atoms with Crippen LogP contribution in [-0.4, -0.2) is 33.0 Å². The molecular weight excluding hydrogens is 216 g/mol. The van der Waals surface area contributed by atoms with E-state index in [4.69, 9.17) is 0 Å². The molecule has 15 heavy (non-hydrogen) atoms. The highest BCUT2D eigenvalue weighted by Crippen LogP contribution is 2.03.